The van der Waals surface area contributed by atoms with Crippen molar-refractivity contribution in [2.45, 2.75) is 6.61 Å². The minimum Gasteiger partial charge on any atom is -0.445 e. The van der Waals surface area contributed by atoms with Crippen LogP contribution in [-0.2, 0) is 11.3 Å². The number of hydrogen-bond acceptors (Lipinski definition) is 5. The second-order valence-electron chi connectivity index (χ2n) is 4.58. The third-order valence-electron chi connectivity index (χ3n) is 2.92. The van der Waals surface area contributed by atoms with E-state index in [1.807, 2.05) is 30.3 Å². The molecule has 0 aliphatic rings. The fraction of sp³-hybridized carbons (Fsp3) is 0.125. The molecule has 1 aromatic heterocycles. The van der Waals surface area contributed by atoms with Crippen LogP contribution in [0.4, 0.5) is 16.2 Å². The molecule has 1 heterocycles. The van der Waals surface area contributed by atoms with Crippen molar-refractivity contribution in [1.82, 2.24) is 10.3 Å². The number of nitrogen functional groups attached to an aromatic ring is 2. The number of anilines is 2. The second-order valence-corrected chi connectivity index (χ2v) is 4.58. The summed E-state index contributed by atoms with van der Waals surface area (Å²) in [7, 11) is 0. The molecule has 0 saturated carbocycles. The number of nitrogens with two attached hydrogens (primary N) is 2. The van der Waals surface area contributed by atoms with E-state index in [-0.39, 0.29) is 6.61 Å². The number of nitrogens with one attached hydrogen (secondary N) is 1. The van der Waals surface area contributed by atoms with Crippen LogP contribution in [0, 0.1) is 0 Å². The summed E-state index contributed by atoms with van der Waals surface area (Å²) in [6.45, 7) is 0.560. The molecule has 1 aromatic carbocycles. The number of carbonyl (C=O) groups excluding carboxylic acids is 1. The van der Waals surface area contributed by atoms with E-state index in [4.69, 9.17) is 16.2 Å². The molecule has 114 valence electrons. The standard InChI is InChI=1S/C16H18N4O2/c17-14-10-19-9-13(15(14)18)7-4-8-20-16(21)22-11-12-5-2-1-3-6-12/h1-7,9-10H,8,11,17H2,(H2,18,19)(H,20,21). The van der Waals surface area contributed by atoms with Gasteiger partial charge in [0.2, 0.25) is 0 Å². The van der Waals surface area contributed by atoms with Gasteiger partial charge in [0, 0.05) is 18.3 Å². The van der Waals surface area contributed by atoms with Crippen LogP contribution in [0.1, 0.15) is 11.1 Å². The third-order valence-corrected chi connectivity index (χ3v) is 2.92. The maximum atomic E-state index is 11.5. The predicted molar refractivity (Wildman–Crippen MR) is 86.7 cm³/mol. The fourth-order valence-electron chi connectivity index (χ4n) is 1.74. The van der Waals surface area contributed by atoms with Crippen molar-refractivity contribution in [3.63, 3.8) is 0 Å². The van der Waals surface area contributed by atoms with Gasteiger partial charge in [-0.1, -0.05) is 42.5 Å². The first-order valence-corrected chi connectivity index (χ1v) is 6.77. The highest BCUT2D eigenvalue weighted by atomic mass is 16.5. The molecule has 0 aliphatic carbocycles. The molecular formula is C16H18N4O2. The maximum Gasteiger partial charge on any atom is 0.407 e. The minimum atomic E-state index is -0.479. The number of nitrogens with zero attached hydrogens (tertiary/aromatic N) is 1. The molecule has 1 amide bonds. The summed E-state index contributed by atoms with van der Waals surface area (Å²) < 4.78 is 5.08. The number of rotatable bonds is 5. The van der Waals surface area contributed by atoms with Gasteiger partial charge in [0.05, 0.1) is 17.6 Å². The minimum absolute atomic E-state index is 0.239. The van der Waals surface area contributed by atoms with Gasteiger partial charge in [-0.15, -0.1) is 0 Å². The Labute approximate surface area is 128 Å². The molecular weight excluding hydrogens is 280 g/mol. The lowest BCUT2D eigenvalue weighted by molar-refractivity contribution is 0.141. The SMILES string of the molecule is Nc1cncc(C=CCNC(=O)OCc2ccccc2)c1N. The van der Waals surface area contributed by atoms with Crippen molar-refractivity contribution in [2.75, 3.05) is 18.0 Å². The van der Waals surface area contributed by atoms with Gasteiger partial charge >= 0.3 is 6.09 Å². The van der Waals surface area contributed by atoms with Gasteiger partial charge < -0.3 is 21.5 Å². The molecule has 0 unspecified atom stereocenters. The summed E-state index contributed by atoms with van der Waals surface area (Å²) in [5, 5.41) is 2.62. The van der Waals surface area contributed by atoms with Crippen molar-refractivity contribution < 1.29 is 9.53 Å². The lowest BCUT2D eigenvalue weighted by atomic mass is 10.2. The number of aromatic nitrogens is 1. The molecule has 22 heavy (non-hydrogen) atoms. The van der Waals surface area contributed by atoms with E-state index in [0.29, 0.717) is 23.5 Å². The Morgan fingerprint density at radius 1 is 1.23 bits per heavy atom. The lowest BCUT2D eigenvalue weighted by Crippen LogP contribution is -2.24. The Balaban J connectivity index is 1.75. The molecule has 6 heteroatoms. The average Bonchev–Trinajstić information content (AvgIpc) is 2.54. The number of benzene rings is 1. The number of ether oxygens (including phenoxy) is 1. The molecule has 0 spiro atoms. The van der Waals surface area contributed by atoms with Crippen LogP contribution < -0.4 is 16.8 Å². The van der Waals surface area contributed by atoms with Gasteiger partial charge in [0.25, 0.3) is 0 Å². The first-order valence-electron chi connectivity index (χ1n) is 6.77. The molecule has 5 N–H and O–H groups in total. The number of alkyl carbamates (subject to hydrolysis) is 1. The third kappa shape index (κ3) is 4.52. The quantitative estimate of drug-likeness (QED) is 0.785. The topological polar surface area (TPSA) is 103 Å². The summed E-state index contributed by atoms with van der Waals surface area (Å²) in [6.07, 6.45) is 6.11. The molecule has 0 radical (unpaired) electrons. The van der Waals surface area contributed by atoms with Crippen LogP contribution in [0.25, 0.3) is 6.08 Å². The Kier molecular flexibility index (Phi) is 5.37. The van der Waals surface area contributed by atoms with Crippen LogP contribution in [0.5, 0.6) is 0 Å². The van der Waals surface area contributed by atoms with E-state index in [9.17, 15) is 4.79 Å². The monoisotopic (exact) mass is 298 g/mol. The first-order chi connectivity index (χ1) is 10.7. The Bertz CT molecular complexity index is 656. The van der Waals surface area contributed by atoms with Gasteiger partial charge in [0.1, 0.15) is 6.61 Å². The Morgan fingerprint density at radius 2 is 2.00 bits per heavy atom. The molecule has 0 saturated heterocycles. The maximum absolute atomic E-state index is 11.5. The van der Waals surface area contributed by atoms with Crippen LogP contribution >= 0.6 is 0 Å². The molecule has 0 atom stereocenters. The van der Waals surface area contributed by atoms with Crippen LogP contribution in [0.2, 0.25) is 0 Å². The number of amides is 1. The van der Waals surface area contributed by atoms with Crippen molar-refractivity contribution in [2.24, 2.45) is 0 Å². The van der Waals surface area contributed by atoms with Crippen molar-refractivity contribution in [3.05, 3.63) is 59.9 Å². The van der Waals surface area contributed by atoms with Crippen molar-refractivity contribution in [3.8, 4) is 0 Å². The molecule has 0 aliphatic heterocycles. The highest BCUT2D eigenvalue weighted by Crippen LogP contribution is 2.18. The van der Waals surface area contributed by atoms with Gasteiger partial charge in [-0.3, -0.25) is 4.98 Å². The Morgan fingerprint density at radius 3 is 2.77 bits per heavy atom. The number of pyridine rings is 1. The highest BCUT2D eigenvalue weighted by Gasteiger charge is 2.01. The first kappa shape index (κ1) is 15.4. The Hall–Kier alpha value is -3.02. The van der Waals surface area contributed by atoms with E-state index in [0.717, 1.165) is 5.56 Å². The average molecular weight is 298 g/mol. The van der Waals surface area contributed by atoms with Crippen LogP contribution in [0.15, 0.2) is 48.8 Å². The molecule has 2 aromatic rings. The van der Waals surface area contributed by atoms with E-state index >= 15 is 0 Å². The van der Waals surface area contributed by atoms with E-state index < -0.39 is 6.09 Å². The molecule has 0 bridgehead atoms. The second kappa shape index (κ2) is 7.68. The van der Waals surface area contributed by atoms with Crippen molar-refractivity contribution >= 4 is 23.5 Å². The number of carbonyl (C=O) groups is 1. The van der Waals surface area contributed by atoms with Crippen molar-refractivity contribution in [1.29, 1.82) is 0 Å². The normalized spacial score (nSPS) is 10.5. The van der Waals surface area contributed by atoms with E-state index in [2.05, 4.69) is 10.3 Å². The molecule has 0 fully saturated rings. The summed E-state index contributed by atoms with van der Waals surface area (Å²) >= 11 is 0. The van der Waals surface area contributed by atoms with Crippen LogP contribution in [-0.4, -0.2) is 17.6 Å². The summed E-state index contributed by atoms with van der Waals surface area (Å²) in [5.41, 5.74) is 14.0. The highest BCUT2D eigenvalue weighted by molar-refractivity contribution is 5.74. The number of hydrogen-bond donors (Lipinski definition) is 3. The van der Waals surface area contributed by atoms with Crippen LogP contribution in [0.3, 0.4) is 0 Å². The van der Waals surface area contributed by atoms with Gasteiger partial charge in [0.15, 0.2) is 0 Å². The lowest BCUT2D eigenvalue weighted by Gasteiger charge is -2.05. The smallest absolute Gasteiger partial charge is 0.407 e. The zero-order valence-electron chi connectivity index (χ0n) is 12.0. The van der Waals surface area contributed by atoms with Gasteiger partial charge in [-0.2, -0.15) is 0 Å². The zero-order chi connectivity index (χ0) is 15.8. The summed E-state index contributed by atoms with van der Waals surface area (Å²) in [4.78, 5) is 15.5. The summed E-state index contributed by atoms with van der Waals surface area (Å²) in [5.74, 6) is 0. The fourth-order valence-corrected chi connectivity index (χ4v) is 1.74. The van der Waals surface area contributed by atoms with E-state index in [1.165, 1.54) is 6.20 Å². The molecule has 6 nitrogen and oxygen atoms in total. The molecule has 2 rings (SSSR count). The van der Waals surface area contributed by atoms with E-state index in [1.54, 1.807) is 18.3 Å². The van der Waals surface area contributed by atoms with Gasteiger partial charge in [-0.25, -0.2) is 4.79 Å². The predicted octanol–water partition coefficient (Wildman–Crippen LogP) is 2.19. The summed E-state index contributed by atoms with van der Waals surface area (Å²) in [6, 6.07) is 9.48. The van der Waals surface area contributed by atoms with Gasteiger partial charge in [-0.05, 0) is 5.56 Å². The zero-order valence-corrected chi connectivity index (χ0v) is 12.0. The largest absolute Gasteiger partial charge is 0.445 e.